The van der Waals surface area contributed by atoms with Crippen LogP contribution in [0.2, 0.25) is 0 Å². The van der Waals surface area contributed by atoms with E-state index >= 15 is 0 Å². The van der Waals surface area contributed by atoms with Crippen molar-refractivity contribution in [2.45, 2.75) is 20.3 Å². The van der Waals surface area contributed by atoms with E-state index in [0.717, 1.165) is 30.0 Å². The lowest BCUT2D eigenvalue weighted by atomic mass is 10.3. The molecule has 0 aliphatic heterocycles. The summed E-state index contributed by atoms with van der Waals surface area (Å²) in [5.74, 6) is 1.51. The first-order valence-electron chi connectivity index (χ1n) is 6.29. The number of rotatable bonds is 5. The topological polar surface area (TPSA) is 49.8 Å². The molecule has 0 spiro atoms. The Morgan fingerprint density at radius 3 is 2.89 bits per heavy atom. The fraction of sp³-hybridized carbons (Fsp3) is 0.286. The number of halogens is 1. The zero-order valence-electron chi connectivity index (χ0n) is 11.1. The van der Waals surface area contributed by atoms with Gasteiger partial charge in [0.15, 0.2) is 0 Å². The van der Waals surface area contributed by atoms with Gasteiger partial charge in [-0.1, -0.05) is 13.0 Å². The fourth-order valence-electron chi connectivity index (χ4n) is 1.59. The Balaban J connectivity index is 2.19. The molecule has 0 amide bonds. The first-order valence-corrected chi connectivity index (χ1v) is 7.37. The molecule has 2 aromatic rings. The molecule has 2 rings (SSSR count). The predicted molar refractivity (Wildman–Crippen MR) is 88.0 cm³/mol. The number of hydrogen-bond acceptors (Lipinski definition) is 4. The Morgan fingerprint density at radius 1 is 1.32 bits per heavy atom. The molecule has 1 aromatic heterocycles. The van der Waals surface area contributed by atoms with Crippen molar-refractivity contribution in [2.75, 3.05) is 17.2 Å². The zero-order chi connectivity index (χ0) is 13.7. The summed E-state index contributed by atoms with van der Waals surface area (Å²) in [6, 6.07) is 8.20. The van der Waals surface area contributed by atoms with Crippen molar-refractivity contribution in [3.05, 3.63) is 39.6 Å². The van der Waals surface area contributed by atoms with E-state index in [9.17, 15) is 0 Å². The van der Waals surface area contributed by atoms with Crippen LogP contribution in [0.4, 0.5) is 17.5 Å². The van der Waals surface area contributed by atoms with Gasteiger partial charge < -0.3 is 10.6 Å². The Morgan fingerprint density at radius 2 is 2.16 bits per heavy atom. The molecule has 19 heavy (non-hydrogen) atoms. The number of benzene rings is 1. The smallest absolute Gasteiger partial charge is 0.224 e. The number of aromatic nitrogens is 2. The van der Waals surface area contributed by atoms with Crippen molar-refractivity contribution < 1.29 is 0 Å². The Hall–Kier alpha value is -1.37. The number of aryl methyl sites for hydroxylation is 1. The van der Waals surface area contributed by atoms with E-state index in [1.807, 2.05) is 25.3 Å². The van der Waals surface area contributed by atoms with E-state index in [1.54, 1.807) is 0 Å². The van der Waals surface area contributed by atoms with Gasteiger partial charge in [0.05, 0.1) is 0 Å². The van der Waals surface area contributed by atoms with Crippen molar-refractivity contribution in [3.63, 3.8) is 0 Å². The molecule has 0 atom stereocenters. The summed E-state index contributed by atoms with van der Waals surface area (Å²) in [4.78, 5) is 8.77. The highest BCUT2D eigenvalue weighted by Crippen LogP contribution is 2.20. The summed E-state index contributed by atoms with van der Waals surface area (Å²) >= 11 is 2.30. The van der Waals surface area contributed by atoms with Crippen LogP contribution < -0.4 is 10.6 Å². The van der Waals surface area contributed by atoms with Crippen molar-refractivity contribution in [2.24, 2.45) is 0 Å². The van der Waals surface area contributed by atoms with Gasteiger partial charge in [-0.2, -0.15) is 4.98 Å². The molecule has 0 aliphatic carbocycles. The first-order chi connectivity index (χ1) is 9.19. The third kappa shape index (κ3) is 4.05. The van der Waals surface area contributed by atoms with Crippen LogP contribution in [-0.2, 0) is 0 Å². The van der Waals surface area contributed by atoms with Gasteiger partial charge in [-0.15, -0.1) is 0 Å². The maximum atomic E-state index is 4.50. The molecule has 5 heteroatoms. The van der Waals surface area contributed by atoms with Crippen LogP contribution in [0.3, 0.4) is 0 Å². The Kier molecular flexibility index (Phi) is 4.95. The Bertz CT molecular complexity index is 557. The summed E-state index contributed by atoms with van der Waals surface area (Å²) < 4.78 is 1.19. The maximum absolute atomic E-state index is 4.50. The molecule has 0 saturated carbocycles. The minimum atomic E-state index is 0.667. The number of nitrogens with one attached hydrogen (secondary N) is 2. The van der Waals surface area contributed by atoms with E-state index in [1.165, 1.54) is 3.57 Å². The molecular formula is C14H17IN4. The van der Waals surface area contributed by atoms with Crippen LogP contribution in [-0.4, -0.2) is 16.5 Å². The number of hydrogen-bond donors (Lipinski definition) is 2. The van der Waals surface area contributed by atoms with E-state index in [-0.39, 0.29) is 0 Å². The molecule has 100 valence electrons. The van der Waals surface area contributed by atoms with Crippen LogP contribution >= 0.6 is 22.6 Å². The SMILES string of the molecule is CCCNc1ncc(C)c(Nc2cccc(I)c2)n1. The lowest BCUT2D eigenvalue weighted by Gasteiger charge is -2.10. The summed E-state index contributed by atoms with van der Waals surface area (Å²) in [5, 5.41) is 6.53. The van der Waals surface area contributed by atoms with Crippen LogP contribution in [0.25, 0.3) is 0 Å². The van der Waals surface area contributed by atoms with Crippen LogP contribution in [0.15, 0.2) is 30.5 Å². The average Bonchev–Trinajstić information content (AvgIpc) is 2.40. The number of anilines is 3. The van der Waals surface area contributed by atoms with Crippen molar-refractivity contribution in [3.8, 4) is 0 Å². The third-order valence-electron chi connectivity index (χ3n) is 2.59. The second-order valence-electron chi connectivity index (χ2n) is 4.29. The standard InChI is InChI=1S/C14H17IN4/c1-3-7-16-14-17-9-10(2)13(19-14)18-12-6-4-5-11(15)8-12/h4-6,8-9H,3,7H2,1-2H3,(H2,16,17,18,19). The van der Waals surface area contributed by atoms with Gasteiger partial charge >= 0.3 is 0 Å². The lowest BCUT2D eigenvalue weighted by molar-refractivity contribution is 0.950. The van der Waals surface area contributed by atoms with E-state index in [2.05, 4.69) is 62.2 Å². The highest BCUT2D eigenvalue weighted by atomic mass is 127. The minimum Gasteiger partial charge on any atom is -0.354 e. The fourth-order valence-corrected chi connectivity index (χ4v) is 2.14. The molecule has 0 fully saturated rings. The summed E-state index contributed by atoms with van der Waals surface area (Å²) in [7, 11) is 0. The first kappa shape index (κ1) is 14.0. The molecule has 1 heterocycles. The molecule has 4 nitrogen and oxygen atoms in total. The quantitative estimate of drug-likeness (QED) is 0.785. The van der Waals surface area contributed by atoms with Crippen LogP contribution in [0, 0.1) is 10.5 Å². The highest BCUT2D eigenvalue weighted by molar-refractivity contribution is 14.1. The molecular weight excluding hydrogens is 351 g/mol. The summed E-state index contributed by atoms with van der Waals surface area (Å²) in [6.45, 7) is 5.00. The second-order valence-corrected chi connectivity index (χ2v) is 5.53. The van der Waals surface area contributed by atoms with Crippen LogP contribution in [0.5, 0.6) is 0 Å². The van der Waals surface area contributed by atoms with Gasteiger partial charge in [0.25, 0.3) is 0 Å². The van der Waals surface area contributed by atoms with E-state index in [0.29, 0.717) is 5.95 Å². The van der Waals surface area contributed by atoms with Gasteiger partial charge in [0.1, 0.15) is 5.82 Å². The molecule has 0 radical (unpaired) electrons. The monoisotopic (exact) mass is 368 g/mol. The number of nitrogens with zero attached hydrogens (tertiary/aromatic N) is 2. The van der Waals surface area contributed by atoms with Crippen molar-refractivity contribution in [1.82, 2.24) is 9.97 Å². The van der Waals surface area contributed by atoms with Gasteiger partial charge in [-0.3, -0.25) is 0 Å². The third-order valence-corrected chi connectivity index (χ3v) is 3.26. The van der Waals surface area contributed by atoms with Crippen molar-refractivity contribution >= 4 is 40.0 Å². The molecule has 0 unspecified atom stereocenters. The Labute approximate surface area is 127 Å². The average molecular weight is 368 g/mol. The predicted octanol–water partition coefficient (Wildman–Crippen LogP) is 3.96. The van der Waals surface area contributed by atoms with Crippen LogP contribution in [0.1, 0.15) is 18.9 Å². The molecule has 0 aliphatic rings. The van der Waals surface area contributed by atoms with Crippen molar-refractivity contribution in [1.29, 1.82) is 0 Å². The summed E-state index contributed by atoms with van der Waals surface area (Å²) in [6.07, 6.45) is 2.89. The molecule has 1 aromatic carbocycles. The maximum Gasteiger partial charge on any atom is 0.224 e. The molecule has 0 bridgehead atoms. The normalized spacial score (nSPS) is 10.3. The second kappa shape index (κ2) is 6.70. The highest BCUT2D eigenvalue weighted by Gasteiger charge is 2.04. The van der Waals surface area contributed by atoms with E-state index < -0.39 is 0 Å². The van der Waals surface area contributed by atoms with Gasteiger partial charge in [0, 0.05) is 27.6 Å². The van der Waals surface area contributed by atoms with Gasteiger partial charge in [-0.05, 0) is 54.1 Å². The van der Waals surface area contributed by atoms with Gasteiger partial charge in [-0.25, -0.2) is 4.98 Å². The molecule has 0 saturated heterocycles. The lowest BCUT2D eigenvalue weighted by Crippen LogP contribution is -2.06. The van der Waals surface area contributed by atoms with E-state index in [4.69, 9.17) is 0 Å². The molecule has 2 N–H and O–H groups in total. The van der Waals surface area contributed by atoms with Gasteiger partial charge in [0.2, 0.25) is 5.95 Å². The minimum absolute atomic E-state index is 0.667. The summed E-state index contributed by atoms with van der Waals surface area (Å²) in [5.41, 5.74) is 2.07. The zero-order valence-corrected chi connectivity index (χ0v) is 13.2. The largest absolute Gasteiger partial charge is 0.354 e.